The van der Waals surface area contributed by atoms with E-state index in [2.05, 4.69) is 22.2 Å². The van der Waals surface area contributed by atoms with Gasteiger partial charge in [0.1, 0.15) is 17.9 Å². The molecule has 5 rings (SSSR count). The average Bonchev–Trinajstić information content (AvgIpc) is 3.48. The molecular formula is C31H30ClF3N4O5. The summed E-state index contributed by atoms with van der Waals surface area (Å²) in [5.41, 5.74) is 0.371. The Hall–Kier alpha value is -3.97. The number of aliphatic hydroxyl groups is 1. The van der Waals surface area contributed by atoms with Crippen LogP contribution >= 0.6 is 11.6 Å². The quantitative estimate of drug-likeness (QED) is 0.194. The molecule has 0 bridgehead atoms. The first kappa shape index (κ1) is 31.5. The van der Waals surface area contributed by atoms with E-state index < -0.39 is 29.8 Å². The van der Waals surface area contributed by atoms with Gasteiger partial charge in [0.05, 0.1) is 16.9 Å². The lowest BCUT2D eigenvalue weighted by molar-refractivity contribution is -0.195. The van der Waals surface area contributed by atoms with E-state index in [0.29, 0.717) is 34.7 Å². The number of benzene rings is 2. The van der Waals surface area contributed by atoms with Crippen molar-refractivity contribution in [3.05, 3.63) is 94.3 Å². The summed E-state index contributed by atoms with van der Waals surface area (Å²) in [7, 11) is 0. The molecular weight excluding hydrogens is 601 g/mol. The molecule has 0 amide bonds. The number of hydrogen-bond acceptors (Lipinski definition) is 7. The number of aliphatic hydroxyl groups excluding tert-OH is 1. The molecule has 0 spiro atoms. The van der Waals surface area contributed by atoms with E-state index >= 15 is 0 Å². The molecule has 1 saturated heterocycles. The van der Waals surface area contributed by atoms with Gasteiger partial charge in [0, 0.05) is 25.3 Å². The van der Waals surface area contributed by atoms with E-state index in [1.54, 1.807) is 24.3 Å². The Morgan fingerprint density at radius 3 is 2.45 bits per heavy atom. The van der Waals surface area contributed by atoms with Crippen molar-refractivity contribution < 1.29 is 37.7 Å². The van der Waals surface area contributed by atoms with Gasteiger partial charge in [0.2, 0.25) is 6.41 Å². The molecule has 0 radical (unpaired) electrons. The van der Waals surface area contributed by atoms with E-state index in [9.17, 15) is 28.2 Å². The number of pyridine rings is 1. The summed E-state index contributed by atoms with van der Waals surface area (Å²) in [5, 5.41) is 23.3. The molecule has 3 heterocycles. The second kappa shape index (κ2) is 13.3. The van der Waals surface area contributed by atoms with E-state index in [-0.39, 0.29) is 23.1 Å². The second-order valence-corrected chi connectivity index (χ2v) is 10.6. The molecule has 13 heteroatoms. The predicted octanol–water partition coefficient (Wildman–Crippen LogP) is 6.38. The van der Waals surface area contributed by atoms with Gasteiger partial charge in [-0.15, -0.1) is 0 Å². The number of alkyl halides is 3. The lowest BCUT2D eigenvalue weighted by Crippen LogP contribution is -2.42. The number of likely N-dealkylation sites (tertiary alicyclic amines) is 1. The van der Waals surface area contributed by atoms with Crippen molar-refractivity contribution in [1.82, 2.24) is 19.7 Å². The summed E-state index contributed by atoms with van der Waals surface area (Å²) < 4.78 is 53.2. The summed E-state index contributed by atoms with van der Waals surface area (Å²) in [5.74, 6) is -1.31. The standard InChI is InChI=1S/C31H30ClF3N4O5/c1-2-43-30(42)38-15-13-21(14-16-38)20-11-9-19(10-12-20)18-44-27-22(5-3-6-24(27)32)25-7-4-8-26(37-25)39-28(31(33,34)35)23(17-36-39)29(40)41/h3-12,17,21,30,42H,2,13-16,18H2,1H3,(H,40,41)/t30-/m1/s1. The second-order valence-electron chi connectivity index (χ2n) is 10.2. The van der Waals surface area contributed by atoms with Crippen molar-refractivity contribution in [2.24, 2.45) is 0 Å². The fourth-order valence-corrected chi connectivity index (χ4v) is 5.48. The first-order valence-electron chi connectivity index (χ1n) is 14.0. The van der Waals surface area contributed by atoms with Crippen molar-refractivity contribution in [1.29, 1.82) is 0 Å². The van der Waals surface area contributed by atoms with Crippen molar-refractivity contribution in [3.63, 3.8) is 0 Å². The van der Waals surface area contributed by atoms with Gasteiger partial charge in [-0.2, -0.15) is 18.3 Å². The zero-order valence-electron chi connectivity index (χ0n) is 23.7. The number of halogens is 4. The number of piperidine rings is 1. The van der Waals surface area contributed by atoms with E-state index in [1.807, 2.05) is 24.0 Å². The molecule has 0 unspecified atom stereocenters. The number of nitrogens with zero attached hydrogens (tertiary/aromatic N) is 4. The molecule has 1 aliphatic rings. The zero-order valence-corrected chi connectivity index (χ0v) is 24.4. The van der Waals surface area contributed by atoms with Crippen LogP contribution in [0.1, 0.15) is 52.9 Å². The van der Waals surface area contributed by atoms with Crippen LogP contribution in [0.2, 0.25) is 5.02 Å². The molecule has 1 fully saturated rings. The van der Waals surface area contributed by atoms with Gasteiger partial charge in [-0.05, 0) is 61.1 Å². The highest BCUT2D eigenvalue weighted by molar-refractivity contribution is 6.32. The molecule has 2 N–H and O–H groups in total. The summed E-state index contributed by atoms with van der Waals surface area (Å²) >= 11 is 6.49. The monoisotopic (exact) mass is 630 g/mol. The van der Waals surface area contributed by atoms with Gasteiger partial charge in [-0.3, -0.25) is 4.90 Å². The molecule has 2 aromatic carbocycles. The Labute approximate surface area is 256 Å². The third kappa shape index (κ3) is 6.88. The van der Waals surface area contributed by atoms with Crippen LogP contribution in [0.15, 0.2) is 66.9 Å². The van der Waals surface area contributed by atoms with Crippen LogP contribution in [-0.2, 0) is 17.5 Å². The molecule has 232 valence electrons. The van der Waals surface area contributed by atoms with Gasteiger partial charge in [0.25, 0.3) is 0 Å². The highest BCUT2D eigenvalue weighted by atomic mass is 35.5. The Morgan fingerprint density at radius 1 is 1.09 bits per heavy atom. The highest BCUT2D eigenvalue weighted by Gasteiger charge is 2.41. The van der Waals surface area contributed by atoms with Gasteiger partial charge >= 0.3 is 12.1 Å². The minimum Gasteiger partial charge on any atom is -0.487 e. The maximum atomic E-state index is 13.8. The first-order chi connectivity index (χ1) is 21.1. The number of rotatable bonds is 10. The number of aromatic nitrogens is 3. The average molecular weight is 631 g/mol. The molecule has 44 heavy (non-hydrogen) atoms. The van der Waals surface area contributed by atoms with E-state index in [0.717, 1.165) is 31.5 Å². The Bertz CT molecular complexity index is 1600. The van der Waals surface area contributed by atoms with Crippen LogP contribution in [0.25, 0.3) is 17.1 Å². The van der Waals surface area contributed by atoms with E-state index in [1.165, 1.54) is 17.7 Å². The zero-order chi connectivity index (χ0) is 31.4. The summed E-state index contributed by atoms with van der Waals surface area (Å²) in [6.07, 6.45) is -3.41. The minimum absolute atomic E-state index is 0.176. The van der Waals surface area contributed by atoms with Gasteiger partial charge < -0.3 is 19.7 Å². The summed E-state index contributed by atoms with van der Waals surface area (Å²) in [6.45, 7) is 3.95. The summed E-state index contributed by atoms with van der Waals surface area (Å²) in [6, 6.07) is 17.4. The topological polar surface area (TPSA) is 110 Å². The fraction of sp³-hybridized carbons (Fsp3) is 0.323. The lowest BCUT2D eigenvalue weighted by atomic mass is 9.89. The maximum absolute atomic E-state index is 13.8. The highest BCUT2D eigenvalue weighted by Crippen LogP contribution is 2.38. The number of para-hydroxylation sites is 1. The third-order valence-electron chi connectivity index (χ3n) is 7.45. The van der Waals surface area contributed by atoms with Crippen LogP contribution in [0, 0.1) is 0 Å². The maximum Gasteiger partial charge on any atom is 0.434 e. The number of aromatic carboxylic acids is 1. The molecule has 0 aliphatic carbocycles. The first-order valence-corrected chi connectivity index (χ1v) is 14.3. The molecule has 1 atom stereocenters. The Kier molecular flexibility index (Phi) is 9.54. The lowest BCUT2D eigenvalue weighted by Gasteiger charge is -2.34. The van der Waals surface area contributed by atoms with Gasteiger partial charge in [0.15, 0.2) is 11.5 Å². The number of carbonyl (C=O) groups is 1. The number of ether oxygens (including phenoxy) is 2. The van der Waals surface area contributed by atoms with Crippen LogP contribution in [0.4, 0.5) is 13.2 Å². The molecule has 1 aliphatic heterocycles. The Morgan fingerprint density at radius 2 is 1.80 bits per heavy atom. The molecule has 9 nitrogen and oxygen atoms in total. The number of hydrogen-bond donors (Lipinski definition) is 2. The van der Waals surface area contributed by atoms with Crippen molar-refractivity contribution in [2.75, 3.05) is 19.7 Å². The van der Waals surface area contributed by atoms with Crippen LogP contribution in [-0.4, -0.2) is 62.0 Å². The molecule has 4 aromatic rings. The number of carboxylic acids is 1. The predicted molar refractivity (Wildman–Crippen MR) is 156 cm³/mol. The van der Waals surface area contributed by atoms with Crippen molar-refractivity contribution >= 4 is 17.6 Å². The van der Waals surface area contributed by atoms with Crippen molar-refractivity contribution in [2.45, 2.75) is 44.9 Å². The van der Waals surface area contributed by atoms with Gasteiger partial charge in [-0.25, -0.2) is 14.5 Å². The van der Waals surface area contributed by atoms with Crippen LogP contribution in [0.5, 0.6) is 5.75 Å². The summed E-state index contributed by atoms with van der Waals surface area (Å²) in [4.78, 5) is 17.7. The van der Waals surface area contributed by atoms with Gasteiger partial charge in [-0.1, -0.05) is 48.0 Å². The Balaban J connectivity index is 1.32. The van der Waals surface area contributed by atoms with E-state index in [4.69, 9.17) is 21.1 Å². The molecule has 0 saturated carbocycles. The third-order valence-corrected chi connectivity index (χ3v) is 7.75. The van der Waals surface area contributed by atoms with Crippen molar-refractivity contribution in [3.8, 4) is 22.8 Å². The normalized spacial score (nSPS) is 15.3. The van der Waals surface area contributed by atoms with Crippen LogP contribution < -0.4 is 4.74 Å². The molecule has 2 aromatic heterocycles. The fourth-order valence-electron chi connectivity index (χ4n) is 5.25. The smallest absolute Gasteiger partial charge is 0.434 e. The SMILES string of the molecule is CCO[C@@H](O)N1CCC(c2ccc(COc3c(Cl)cccc3-c3cccc(-n4ncc(C(=O)O)c4C(F)(F)F)n3)cc2)CC1. The number of carboxylic acid groups (broad SMARTS) is 1. The minimum atomic E-state index is -4.98. The largest absolute Gasteiger partial charge is 0.487 e. The van der Waals surface area contributed by atoms with Crippen LogP contribution in [0.3, 0.4) is 0 Å².